The molecule has 0 radical (unpaired) electrons. The molecule has 0 aliphatic heterocycles. The summed E-state index contributed by atoms with van der Waals surface area (Å²) in [4.78, 5) is 2.06. The Morgan fingerprint density at radius 1 is 1.39 bits per heavy atom. The first-order valence-corrected chi connectivity index (χ1v) is 6.44. The molecule has 1 aliphatic carbocycles. The van der Waals surface area contributed by atoms with Gasteiger partial charge in [0, 0.05) is 24.7 Å². The van der Waals surface area contributed by atoms with Crippen LogP contribution in [0.25, 0.3) is 0 Å². The Morgan fingerprint density at radius 3 is 2.83 bits per heavy atom. The first kappa shape index (κ1) is 13.3. The molecule has 0 unspecified atom stereocenters. The molecule has 0 saturated heterocycles. The van der Waals surface area contributed by atoms with E-state index in [2.05, 4.69) is 10.2 Å². The largest absolute Gasteiger partial charge is 0.492 e. The average molecular weight is 252 g/mol. The van der Waals surface area contributed by atoms with E-state index in [0.717, 1.165) is 17.9 Å². The number of nitrogens with one attached hydrogen (secondary N) is 1. The molecule has 18 heavy (non-hydrogen) atoms. The molecule has 1 saturated carbocycles. The maximum atomic E-state index is 13.2. The zero-order valence-corrected chi connectivity index (χ0v) is 11.1. The Balaban J connectivity index is 1.93. The molecular weight excluding hydrogens is 231 g/mol. The first-order chi connectivity index (χ1) is 8.65. The Hall–Kier alpha value is -1.13. The summed E-state index contributed by atoms with van der Waals surface area (Å²) in [5, 5.41) is 3.38. The van der Waals surface area contributed by atoms with Gasteiger partial charge >= 0.3 is 0 Å². The van der Waals surface area contributed by atoms with Crippen molar-refractivity contribution in [3.63, 3.8) is 0 Å². The highest BCUT2D eigenvalue weighted by atomic mass is 19.1. The van der Waals surface area contributed by atoms with Gasteiger partial charge in [-0.15, -0.1) is 0 Å². The van der Waals surface area contributed by atoms with Crippen LogP contribution in [0.15, 0.2) is 18.2 Å². The van der Waals surface area contributed by atoms with Gasteiger partial charge < -0.3 is 15.0 Å². The highest BCUT2D eigenvalue weighted by Gasteiger charge is 2.20. The van der Waals surface area contributed by atoms with E-state index in [4.69, 9.17) is 4.74 Å². The fourth-order valence-electron chi connectivity index (χ4n) is 1.71. The maximum absolute atomic E-state index is 13.2. The van der Waals surface area contributed by atoms with Crippen LogP contribution in [-0.2, 0) is 6.54 Å². The van der Waals surface area contributed by atoms with Gasteiger partial charge in [-0.2, -0.15) is 0 Å². The first-order valence-electron chi connectivity index (χ1n) is 6.44. The lowest BCUT2D eigenvalue weighted by molar-refractivity contribution is 0.259. The second-order valence-corrected chi connectivity index (χ2v) is 5.06. The van der Waals surface area contributed by atoms with Crippen molar-refractivity contribution in [3.8, 4) is 5.75 Å². The smallest absolute Gasteiger partial charge is 0.124 e. The number of ether oxygens (including phenoxy) is 1. The van der Waals surface area contributed by atoms with E-state index >= 15 is 0 Å². The fourth-order valence-corrected chi connectivity index (χ4v) is 1.71. The topological polar surface area (TPSA) is 24.5 Å². The van der Waals surface area contributed by atoms with Crippen LogP contribution < -0.4 is 10.1 Å². The summed E-state index contributed by atoms with van der Waals surface area (Å²) in [7, 11) is 4.01. The summed E-state index contributed by atoms with van der Waals surface area (Å²) in [6.45, 7) is 2.15. The Kier molecular flexibility index (Phi) is 4.55. The molecule has 1 fully saturated rings. The number of nitrogens with zero attached hydrogens (tertiary/aromatic N) is 1. The zero-order chi connectivity index (χ0) is 13.0. The number of likely N-dealkylation sites (N-methyl/N-ethyl adjacent to an activating group) is 1. The molecular formula is C14H21FN2O. The van der Waals surface area contributed by atoms with Gasteiger partial charge in [-0.05, 0) is 45.1 Å². The monoisotopic (exact) mass is 252 g/mol. The molecule has 3 nitrogen and oxygen atoms in total. The molecule has 1 aliphatic rings. The molecule has 0 atom stereocenters. The third kappa shape index (κ3) is 4.27. The van der Waals surface area contributed by atoms with Gasteiger partial charge in [-0.25, -0.2) is 4.39 Å². The van der Waals surface area contributed by atoms with Crippen LogP contribution in [0.4, 0.5) is 4.39 Å². The number of rotatable bonds is 7. The second-order valence-electron chi connectivity index (χ2n) is 5.06. The molecule has 0 spiro atoms. The van der Waals surface area contributed by atoms with Crippen molar-refractivity contribution >= 4 is 0 Å². The normalized spacial score (nSPS) is 15.1. The number of benzene rings is 1. The van der Waals surface area contributed by atoms with Gasteiger partial charge in [0.25, 0.3) is 0 Å². The van der Waals surface area contributed by atoms with E-state index < -0.39 is 0 Å². The number of hydrogen-bond donors (Lipinski definition) is 1. The van der Waals surface area contributed by atoms with Crippen LogP contribution in [-0.4, -0.2) is 38.2 Å². The Labute approximate surface area is 108 Å². The number of hydrogen-bond acceptors (Lipinski definition) is 3. The van der Waals surface area contributed by atoms with Crippen LogP contribution in [0, 0.1) is 5.82 Å². The van der Waals surface area contributed by atoms with Gasteiger partial charge in [0.1, 0.15) is 18.2 Å². The summed E-state index contributed by atoms with van der Waals surface area (Å²) in [5.41, 5.74) is 0.903. The second kappa shape index (κ2) is 6.16. The highest BCUT2D eigenvalue weighted by Crippen LogP contribution is 2.23. The van der Waals surface area contributed by atoms with Crippen molar-refractivity contribution in [3.05, 3.63) is 29.6 Å². The summed E-state index contributed by atoms with van der Waals surface area (Å²) in [5.74, 6) is 0.578. The lowest BCUT2D eigenvalue weighted by Gasteiger charge is -2.14. The van der Waals surface area contributed by atoms with Crippen LogP contribution >= 0.6 is 0 Å². The SMILES string of the molecule is CN(C)CCOc1ccc(F)cc1CNC1CC1. The molecule has 0 aromatic heterocycles. The predicted octanol–water partition coefficient (Wildman–Crippen LogP) is 2.02. The van der Waals surface area contributed by atoms with Crippen LogP contribution in [0.2, 0.25) is 0 Å². The summed E-state index contributed by atoms with van der Waals surface area (Å²) < 4.78 is 19.0. The average Bonchev–Trinajstić information content (AvgIpc) is 3.12. The van der Waals surface area contributed by atoms with Crippen LogP contribution in [0.3, 0.4) is 0 Å². The van der Waals surface area contributed by atoms with E-state index in [-0.39, 0.29) is 5.82 Å². The van der Waals surface area contributed by atoms with Gasteiger partial charge in [0.15, 0.2) is 0 Å². The molecule has 1 N–H and O–H groups in total. The van der Waals surface area contributed by atoms with E-state index in [1.54, 1.807) is 12.1 Å². The van der Waals surface area contributed by atoms with Crippen LogP contribution in [0.1, 0.15) is 18.4 Å². The zero-order valence-electron chi connectivity index (χ0n) is 11.1. The molecule has 0 bridgehead atoms. The third-order valence-electron chi connectivity index (χ3n) is 2.98. The minimum atomic E-state index is -0.206. The van der Waals surface area contributed by atoms with E-state index in [1.165, 1.54) is 18.9 Å². The van der Waals surface area contributed by atoms with Crippen molar-refractivity contribution in [2.75, 3.05) is 27.2 Å². The third-order valence-corrected chi connectivity index (χ3v) is 2.98. The van der Waals surface area contributed by atoms with Crippen molar-refractivity contribution in [1.82, 2.24) is 10.2 Å². The molecule has 0 amide bonds. The van der Waals surface area contributed by atoms with Crippen LogP contribution in [0.5, 0.6) is 5.75 Å². The van der Waals surface area contributed by atoms with E-state index in [0.29, 0.717) is 19.2 Å². The quantitative estimate of drug-likeness (QED) is 0.803. The number of halogens is 1. The summed E-state index contributed by atoms with van der Waals surface area (Å²) in [6.07, 6.45) is 2.46. The minimum absolute atomic E-state index is 0.206. The van der Waals surface area contributed by atoms with Gasteiger partial charge in [-0.3, -0.25) is 0 Å². The lowest BCUT2D eigenvalue weighted by atomic mass is 10.2. The predicted molar refractivity (Wildman–Crippen MR) is 70.3 cm³/mol. The fraction of sp³-hybridized carbons (Fsp3) is 0.571. The Bertz CT molecular complexity index is 391. The van der Waals surface area contributed by atoms with Crippen molar-refractivity contribution in [2.45, 2.75) is 25.4 Å². The molecule has 0 heterocycles. The molecule has 1 aromatic rings. The molecule has 100 valence electrons. The lowest BCUT2D eigenvalue weighted by Crippen LogP contribution is -2.20. The summed E-state index contributed by atoms with van der Waals surface area (Å²) in [6, 6.07) is 5.34. The van der Waals surface area contributed by atoms with Crippen molar-refractivity contribution in [2.24, 2.45) is 0 Å². The Morgan fingerprint density at radius 2 is 2.17 bits per heavy atom. The van der Waals surface area contributed by atoms with Crippen molar-refractivity contribution < 1.29 is 9.13 Å². The summed E-state index contributed by atoms with van der Waals surface area (Å²) >= 11 is 0. The van der Waals surface area contributed by atoms with Gasteiger partial charge in [0.05, 0.1) is 0 Å². The molecule has 4 heteroatoms. The maximum Gasteiger partial charge on any atom is 0.124 e. The van der Waals surface area contributed by atoms with E-state index in [9.17, 15) is 4.39 Å². The highest BCUT2D eigenvalue weighted by molar-refractivity contribution is 5.34. The van der Waals surface area contributed by atoms with Gasteiger partial charge in [-0.1, -0.05) is 0 Å². The van der Waals surface area contributed by atoms with Crippen molar-refractivity contribution in [1.29, 1.82) is 0 Å². The van der Waals surface area contributed by atoms with Gasteiger partial charge in [0.2, 0.25) is 0 Å². The molecule has 2 rings (SSSR count). The standard InChI is InChI=1S/C14H21FN2O/c1-17(2)7-8-18-14-6-3-12(15)9-11(14)10-16-13-4-5-13/h3,6,9,13,16H,4-5,7-8,10H2,1-2H3. The minimum Gasteiger partial charge on any atom is -0.492 e. The van der Waals surface area contributed by atoms with E-state index in [1.807, 2.05) is 14.1 Å². The molecule has 1 aromatic carbocycles.